The molecule has 1 heterocycles. The molecule has 1 atom stereocenters. The van der Waals surface area contributed by atoms with Gasteiger partial charge in [0.25, 0.3) is 11.8 Å². The van der Waals surface area contributed by atoms with E-state index < -0.39 is 17.8 Å². The summed E-state index contributed by atoms with van der Waals surface area (Å²) < 4.78 is 10.5. The van der Waals surface area contributed by atoms with E-state index in [9.17, 15) is 14.4 Å². The Morgan fingerprint density at radius 2 is 2.04 bits per heavy atom. The molecule has 0 aliphatic heterocycles. The fourth-order valence-corrected chi connectivity index (χ4v) is 2.32. The summed E-state index contributed by atoms with van der Waals surface area (Å²) in [7, 11) is 0. The van der Waals surface area contributed by atoms with Crippen LogP contribution in [0.15, 0.2) is 47.1 Å². The predicted molar refractivity (Wildman–Crippen MR) is 97.7 cm³/mol. The molecule has 8 heteroatoms. The summed E-state index contributed by atoms with van der Waals surface area (Å²) in [5.74, 6) is -1.73. The van der Waals surface area contributed by atoms with Crippen molar-refractivity contribution in [3.05, 3.63) is 48.4 Å². The number of rotatable bonds is 9. The summed E-state index contributed by atoms with van der Waals surface area (Å²) in [5, 5.41) is 11.6. The molecule has 0 saturated carbocycles. The van der Waals surface area contributed by atoms with Crippen LogP contribution in [0.4, 0.5) is 5.69 Å². The zero-order chi connectivity index (χ0) is 19.8. The molecule has 8 nitrogen and oxygen atoms in total. The molecule has 0 saturated heterocycles. The molecule has 1 aromatic carbocycles. The minimum absolute atomic E-state index is 0.118. The van der Waals surface area contributed by atoms with Gasteiger partial charge in [0.2, 0.25) is 0 Å². The number of nitrogens with one attached hydrogen (secondary N) is 1. The fraction of sp³-hybridized carbons (Fsp3) is 0.316. The van der Waals surface area contributed by atoms with Crippen molar-refractivity contribution in [2.45, 2.75) is 13.8 Å². The van der Waals surface area contributed by atoms with E-state index in [0.29, 0.717) is 18.0 Å². The Kier molecular flexibility index (Phi) is 6.99. The lowest BCUT2D eigenvalue weighted by Crippen LogP contribution is -2.39. The summed E-state index contributed by atoms with van der Waals surface area (Å²) in [6, 6.07) is 9.77. The first kappa shape index (κ1) is 20.0. The van der Waals surface area contributed by atoms with Gasteiger partial charge in [-0.1, -0.05) is 13.0 Å². The van der Waals surface area contributed by atoms with Crippen LogP contribution in [0.2, 0.25) is 0 Å². The lowest BCUT2D eigenvalue weighted by molar-refractivity contribution is -0.143. The second kappa shape index (κ2) is 9.42. The minimum Gasteiger partial charge on any atom is -0.484 e. The van der Waals surface area contributed by atoms with Gasteiger partial charge in [0.15, 0.2) is 12.4 Å². The third-order valence-corrected chi connectivity index (χ3v) is 3.85. The molecular weight excluding hydrogens is 352 g/mol. The number of carboxylic acids is 1. The third kappa shape index (κ3) is 5.88. The van der Waals surface area contributed by atoms with Crippen molar-refractivity contribution < 1.29 is 28.6 Å². The quantitative estimate of drug-likeness (QED) is 0.698. The monoisotopic (exact) mass is 374 g/mol. The summed E-state index contributed by atoms with van der Waals surface area (Å²) >= 11 is 0. The van der Waals surface area contributed by atoms with Gasteiger partial charge in [0.05, 0.1) is 12.2 Å². The second-order valence-electron chi connectivity index (χ2n) is 5.92. The molecular formula is C19H22N2O6. The third-order valence-electron chi connectivity index (χ3n) is 3.85. The topological polar surface area (TPSA) is 109 Å². The number of carboxylic acid groups (broad SMARTS) is 1. The number of aliphatic carboxylic acids is 1. The van der Waals surface area contributed by atoms with Crippen LogP contribution in [0.5, 0.6) is 5.75 Å². The predicted octanol–water partition coefficient (Wildman–Crippen LogP) is 2.48. The highest BCUT2D eigenvalue weighted by atomic mass is 16.5. The van der Waals surface area contributed by atoms with E-state index in [4.69, 9.17) is 14.3 Å². The van der Waals surface area contributed by atoms with Gasteiger partial charge in [-0.3, -0.25) is 14.4 Å². The molecule has 0 radical (unpaired) electrons. The maximum atomic E-state index is 12.2. The van der Waals surface area contributed by atoms with Gasteiger partial charge in [-0.15, -0.1) is 0 Å². The number of amides is 2. The van der Waals surface area contributed by atoms with Gasteiger partial charge in [-0.25, -0.2) is 0 Å². The van der Waals surface area contributed by atoms with Crippen LogP contribution >= 0.6 is 0 Å². The molecule has 0 spiro atoms. The number of benzene rings is 1. The van der Waals surface area contributed by atoms with E-state index in [1.54, 1.807) is 50.2 Å². The molecule has 144 valence electrons. The van der Waals surface area contributed by atoms with Gasteiger partial charge in [-0.2, -0.15) is 0 Å². The number of ether oxygens (including phenoxy) is 1. The van der Waals surface area contributed by atoms with Gasteiger partial charge in [-0.05, 0) is 31.2 Å². The van der Waals surface area contributed by atoms with E-state index in [0.717, 1.165) is 0 Å². The maximum absolute atomic E-state index is 12.2. The Morgan fingerprint density at radius 1 is 1.26 bits per heavy atom. The van der Waals surface area contributed by atoms with E-state index in [1.807, 2.05) is 0 Å². The average Bonchev–Trinajstić information content (AvgIpc) is 3.19. The summed E-state index contributed by atoms with van der Waals surface area (Å²) in [6.07, 6.45) is 1.41. The van der Waals surface area contributed by atoms with Crippen LogP contribution in [0, 0.1) is 5.92 Å². The molecule has 0 fully saturated rings. The largest absolute Gasteiger partial charge is 0.484 e. The molecule has 2 rings (SSSR count). The van der Waals surface area contributed by atoms with Crippen LogP contribution in [-0.2, 0) is 9.59 Å². The van der Waals surface area contributed by atoms with E-state index in [-0.39, 0.29) is 24.8 Å². The fourth-order valence-electron chi connectivity index (χ4n) is 2.32. The number of likely N-dealkylation sites (N-methyl/N-ethyl adjacent to an activating group) is 1. The maximum Gasteiger partial charge on any atom is 0.308 e. The Hall–Kier alpha value is -3.29. The van der Waals surface area contributed by atoms with Crippen LogP contribution in [-0.4, -0.2) is 47.5 Å². The molecule has 0 unspecified atom stereocenters. The van der Waals surface area contributed by atoms with Gasteiger partial charge >= 0.3 is 5.97 Å². The van der Waals surface area contributed by atoms with Crippen molar-refractivity contribution in [3.8, 4) is 5.75 Å². The Balaban J connectivity index is 1.92. The number of furan rings is 1. The zero-order valence-corrected chi connectivity index (χ0v) is 15.2. The highest BCUT2D eigenvalue weighted by Gasteiger charge is 2.19. The second-order valence-corrected chi connectivity index (χ2v) is 5.92. The minimum atomic E-state index is -0.956. The normalized spacial score (nSPS) is 11.5. The number of hydrogen-bond donors (Lipinski definition) is 2. The molecule has 0 aliphatic carbocycles. The van der Waals surface area contributed by atoms with Crippen molar-refractivity contribution in [3.63, 3.8) is 0 Å². The molecule has 0 bridgehead atoms. The van der Waals surface area contributed by atoms with Crippen LogP contribution in [0.25, 0.3) is 0 Å². The van der Waals surface area contributed by atoms with Gasteiger partial charge in [0, 0.05) is 24.8 Å². The highest BCUT2D eigenvalue weighted by molar-refractivity contribution is 6.02. The first-order chi connectivity index (χ1) is 12.9. The smallest absolute Gasteiger partial charge is 0.308 e. The Labute approximate surface area is 156 Å². The standard InChI is InChI=1S/C19H22N2O6/c1-3-21(11-13(2)19(24)25)17(22)12-27-15-7-4-6-14(10-15)20-18(23)16-8-5-9-26-16/h4-10,13H,3,11-12H2,1-2H3,(H,20,23)(H,24,25)/t13-/m0/s1. The number of carbonyl (C=O) groups is 3. The molecule has 2 amide bonds. The van der Waals surface area contributed by atoms with E-state index >= 15 is 0 Å². The Morgan fingerprint density at radius 3 is 2.67 bits per heavy atom. The summed E-state index contributed by atoms with van der Waals surface area (Å²) in [4.78, 5) is 36.6. The van der Waals surface area contributed by atoms with Gasteiger partial charge in [0.1, 0.15) is 5.75 Å². The molecule has 0 aliphatic rings. The van der Waals surface area contributed by atoms with Crippen LogP contribution < -0.4 is 10.1 Å². The number of carbonyl (C=O) groups excluding carboxylic acids is 2. The van der Waals surface area contributed by atoms with Crippen molar-refractivity contribution in [2.24, 2.45) is 5.92 Å². The summed E-state index contributed by atoms with van der Waals surface area (Å²) in [5.41, 5.74) is 0.494. The van der Waals surface area contributed by atoms with E-state index in [1.165, 1.54) is 11.2 Å². The van der Waals surface area contributed by atoms with Gasteiger partial charge < -0.3 is 24.5 Å². The summed E-state index contributed by atoms with van der Waals surface area (Å²) in [6.45, 7) is 3.60. The molecule has 1 aromatic heterocycles. The average molecular weight is 374 g/mol. The SMILES string of the molecule is CCN(C[C@H](C)C(=O)O)C(=O)COc1cccc(NC(=O)c2ccco2)c1. The van der Waals surface area contributed by atoms with Crippen LogP contribution in [0.1, 0.15) is 24.4 Å². The number of hydrogen-bond acceptors (Lipinski definition) is 5. The highest BCUT2D eigenvalue weighted by Crippen LogP contribution is 2.18. The van der Waals surface area contributed by atoms with Crippen molar-refractivity contribution >= 4 is 23.5 Å². The Bertz CT molecular complexity index is 787. The van der Waals surface area contributed by atoms with E-state index in [2.05, 4.69) is 5.32 Å². The van der Waals surface area contributed by atoms with Crippen LogP contribution in [0.3, 0.4) is 0 Å². The molecule has 2 aromatic rings. The van der Waals surface area contributed by atoms with Crippen molar-refractivity contribution in [1.29, 1.82) is 0 Å². The molecule has 2 N–H and O–H groups in total. The molecule has 27 heavy (non-hydrogen) atoms. The first-order valence-corrected chi connectivity index (χ1v) is 8.49. The van der Waals surface area contributed by atoms with Crippen molar-refractivity contribution in [1.82, 2.24) is 4.90 Å². The number of anilines is 1. The first-order valence-electron chi connectivity index (χ1n) is 8.49. The van der Waals surface area contributed by atoms with Crippen molar-refractivity contribution in [2.75, 3.05) is 25.0 Å². The number of nitrogens with zero attached hydrogens (tertiary/aromatic N) is 1. The lowest BCUT2D eigenvalue weighted by atomic mass is 10.1. The zero-order valence-electron chi connectivity index (χ0n) is 15.2. The lowest BCUT2D eigenvalue weighted by Gasteiger charge is -2.23.